The number of carbonyl (C=O) groups excluding carboxylic acids is 1. The lowest BCUT2D eigenvalue weighted by Crippen LogP contribution is -2.47. The Morgan fingerprint density at radius 2 is 2.18 bits per heavy atom. The van der Waals surface area contributed by atoms with Gasteiger partial charge in [0, 0.05) is 26.2 Å². The van der Waals surface area contributed by atoms with Crippen molar-refractivity contribution >= 4 is 5.91 Å². The number of nitrogens with zero attached hydrogens (tertiary/aromatic N) is 1. The second-order valence-corrected chi connectivity index (χ2v) is 4.24. The zero-order valence-electron chi connectivity index (χ0n) is 10.1. The Hall–Kier alpha value is -1.55. The Bertz CT molecular complexity index is 387. The van der Waals surface area contributed by atoms with E-state index in [0.29, 0.717) is 0 Å². The summed E-state index contributed by atoms with van der Waals surface area (Å²) in [5.74, 6) is 0.821. The fourth-order valence-electron chi connectivity index (χ4n) is 1.86. The summed E-state index contributed by atoms with van der Waals surface area (Å²) in [6, 6.07) is 7.74. The molecule has 0 unspecified atom stereocenters. The van der Waals surface area contributed by atoms with Gasteiger partial charge in [0.15, 0.2) is 6.61 Å². The van der Waals surface area contributed by atoms with Crippen LogP contribution in [0.15, 0.2) is 24.3 Å². The third-order valence-electron chi connectivity index (χ3n) is 2.82. The van der Waals surface area contributed by atoms with Crippen molar-refractivity contribution < 1.29 is 9.53 Å². The van der Waals surface area contributed by atoms with Gasteiger partial charge in [0.2, 0.25) is 0 Å². The van der Waals surface area contributed by atoms with E-state index in [4.69, 9.17) is 4.74 Å². The van der Waals surface area contributed by atoms with Crippen LogP contribution in [0.4, 0.5) is 0 Å². The number of ether oxygens (including phenoxy) is 1. The lowest BCUT2D eigenvalue weighted by atomic mass is 10.2. The van der Waals surface area contributed by atoms with Crippen LogP contribution < -0.4 is 10.1 Å². The minimum atomic E-state index is 0.0630. The number of hydrogen-bond donors (Lipinski definition) is 1. The van der Waals surface area contributed by atoms with E-state index in [1.807, 2.05) is 36.1 Å². The van der Waals surface area contributed by atoms with Crippen LogP contribution in [0.3, 0.4) is 0 Å². The smallest absolute Gasteiger partial charge is 0.260 e. The molecule has 17 heavy (non-hydrogen) atoms. The van der Waals surface area contributed by atoms with Crippen molar-refractivity contribution in [1.29, 1.82) is 0 Å². The van der Waals surface area contributed by atoms with E-state index in [9.17, 15) is 4.79 Å². The Labute approximate surface area is 102 Å². The van der Waals surface area contributed by atoms with Gasteiger partial charge >= 0.3 is 0 Å². The number of amides is 1. The van der Waals surface area contributed by atoms with Crippen LogP contribution in [-0.2, 0) is 4.79 Å². The molecule has 2 rings (SSSR count). The second kappa shape index (κ2) is 5.68. The summed E-state index contributed by atoms with van der Waals surface area (Å²) >= 11 is 0. The van der Waals surface area contributed by atoms with Crippen LogP contribution in [0.1, 0.15) is 5.56 Å². The summed E-state index contributed by atoms with van der Waals surface area (Å²) in [5, 5.41) is 3.22. The van der Waals surface area contributed by atoms with Gasteiger partial charge in [-0.1, -0.05) is 12.1 Å². The highest BCUT2D eigenvalue weighted by Gasteiger charge is 2.16. The van der Waals surface area contributed by atoms with E-state index in [-0.39, 0.29) is 12.5 Å². The fourth-order valence-corrected chi connectivity index (χ4v) is 1.86. The molecule has 0 saturated carbocycles. The SMILES string of the molecule is Cc1cccc(OCC(=O)N2CCNCC2)c1. The van der Waals surface area contributed by atoms with Crippen molar-refractivity contribution in [3.05, 3.63) is 29.8 Å². The molecular weight excluding hydrogens is 216 g/mol. The normalized spacial score (nSPS) is 15.7. The van der Waals surface area contributed by atoms with Crippen LogP contribution in [0.25, 0.3) is 0 Å². The number of piperazine rings is 1. The molecule has 92 valence electrons. The van der Waals surface area contributed by atoms with Gasteiger partial charge in [0.1, 0.15) is 5.75 Å². The van der Waals surface area contributed by atoms with Crippen LogP contribution in [0.2, 0.25) is 0 Å². The summed E-state index contributed by atoms with van der Waals surface area (Å²) in [6.45, 7) is 5.42. The van der Waals surface area contributed by atoms with Gasteiger partial charge in [-0.15, -0.1) is 0 Å². The van der Waals surface area contributed by atoms with Crippen molar-refractivity contribution in [2.45, 2.75) is 6.92 Å². The van der Waals surface area contributed by atoms with Crippen molar-refractivity contribution in [2.24, 2.45) is 0 Å². The maximum absolute atomic E-state index is 11.8. The molecule has 0 bridgehead atoms. The van der Waals surface area contributed by atoms with Crippen LogP contribution >= 0.6 is 0 Å². The zero-order chi connectivity index (χ0) is 12.1. The van der Waals surface area contributed by atoms with Crippen molar-refractivity contribution in [1.82, 2.24) is 10.2 Å². The molecule has 0 atom stereocenters. The summed E-state index contributed by atoms with van der Waals surface area (Å²) in [4.78, 5) is 13.7. The van der Waals surface area contributed by atoms with Crippen molar-refractivity contribution in [3.63, 3.8) is 0 Å². The molecule has 1 aromatic rings. The molecule has 1 amide bonds. The molecule has 1 saturated heterocycles. The van der Waals surface area contributed by atoms with Crippen molar-refractivity contribution in [2.75, 3.05) is 32.8 Å². The number of nitrogens with one attached hydrogen (secondary N) is 1. The maximum atomic E-state index is 11.8. The first kappa shape index (κ1) is 11.9. The Morgan fingerprint density at radius 3 is 2.88 bits per heavy atom. The van der Waals surface area contributed by atoms with Gasteiger partial charge in [0.25, 0.3) is 5.91 Å². The summed E-state index contributed by atoms with van der Waals surface area (Å²) in [7, 11) is 0. The first-order valence-electron chi connectivity index (χ1n) is 5.94. The molecule has 4 nitrogen and oxygen atoms in total. The molecule has 1 fully saturated rings. The second-order valence-electron chi connectivity index (χ2n) is 4.24. The molecular formula is C13H18N2O2. The monoisotopic (exact) mass is 234 g/mol. The predicted molar refractivity (Wildman–Crippen MR) is 66.1 cm³/mol. The van der Waals surface area contributed by atoms with E-state index >= 15 is 0 Å². The molecule has 0 radical (unpaired) electrons. The van der Waals surface area contributed by atoms with Gasteiger partial charge in [-0.3, -0.25) is 4.79 Å². The Morgan fingerprint density at radius 1 is 1.41 bits per heavy atom. The molecule has 4 heteroatoms. The summed E-state index contributed by atoms with van der Waals surface area (Å²) in [6.07, 6.45) is 0. The molecule has 0 aromatic heterocycles. The number of aryl methyl sites for hydroxylation is 1. The van der Waals surface area contributed by atoms with E-state index in [1.165, 1.54) is 0 Å². The largest absolute Gasteiger partial charge is 0.484 e. The van der Waals surface area contributed by atoms with Gasteiger partial charge in [-0.2, -0.15) is 0 Å². The first-order valence-corrected chi connectivity index (χ1v) is 5.94. The first-order chi connectivity index (χ1) is 8.25. The number of benzene rings is 1. The van der Waals surface area contributed by atoms with E-state index in [2.05, 4.69) is 5.32 Å². The average molecular weight is 234 g/mol. The highest BCUT2D eigenvalue weighted by atomic mass is 16.5. The molecule has 0 spiro atoms. The van der Waals surface area contributed by atoms with Gasteiger partial charge in [0.05, 0.1) is 0 Å². The summed E-state index contributed by atoms with van der Waals surface area (Å²) < 4.78 is 5.49. The van der Waals surface area contributed by atoms with E-state index < -0.39 is 0 Å². The topological polar surface area (TPSA) is 41.6 Å². The molecule has 0 aliphatic carbocycles. The highest BCUT2D eigenvalue weighted by Crippen LogP contribution is 2.12. The van der Waals surface area contributed by atoms with Gasteiger partial charge in [-0.05, 0) is 24.6 Å². The zero-order valence-corrected chi connectivity index (χ0v) is 10.1. The highest BCUT2D eigenvalue weighted by molar-refractivity contribution is 5.77. The van der Waals surface area contributed by atoms with Crippen LogP contribution in [0, 0.1) is 6.92 Å². The standard InChI is InChI=1S/C13H18N2O2/c1-11-3-2-4-12(9-11)17-10-13(16)15-7-5-14-6-8-15/h2-4,9,14H,5-8,10H2,1H3. The van der Waals surface area contributed by atoms with E-state index in [0.717, 1.165) is 37.5 Å². The molecule has 1 aliphatic heterocycles. The third-order valence-corrected chi connectivity index (χ3v) is 2.82. The number of rotatable bonds is 3. The lowest BCUT2D eigenvalue weighted by molar-refractivity contribution is -0.133. The minimum Gasteiger partial charge on any atom is -0.484 e. The average Bonchev–Trinajstić information content (AvgIpc) is 2.37. The minimum absolute atomic E-state index is 0.0630. The molecule has 1 N–H and O–H groups in total. The molecule has 1 aromatic carbocycles. The van der Waals surface area contributed by atoms with Crippen molar-refractivity contribution in [3.8, 4) is 5.75 Å². The van der Waals surface area contributed by atoms with Gasteiger partial charge < -0.3 is 15.0 Å². The maximum Gasteiger partial charge on any atom is 0.260 e. The molecule has 1 aliphatic rings. The van der Waals surface area contributed by atoms with E-state index in [1.54, 1.807) is 0 Å². The predicted octanol–water partition coefficient (Wildman–Crippen LogP) is 0.806. The lowest BCUT2D eigenvalue weighted by Gasteiger charge is -2.27. The van der Waals surface area contributed by atoms with Gasteiger partial charge in [-0.25, -0.2) is 0 Å². The number of hydrogen-bond acceptors (Lipinski definition) is 3. The molecule has 1 heterocycles. The Kier molecular flexibility index (Phi) is 3.98. The van der Waals surface area contributed by atoms with Crippen LogP contribution in [0.5, 0.6) is 5.75 Å². The fraction of sp³-hybridized carbons (Fsp3) is 0.462. The Balaban J connectivity index is 1.83. The summed E-state index contributed by atoms with van der Waals surface area (Å²) in [5.41, 5.74) is 1.14. The third kappa shape index (κ3) is 3.46. The number of carbonyl (C=O) groups is 1. The quantitative estimate of drug-likeness (QED) is 0.841. The van der Waals surface area contributed by atoms with Crippen LogP contribution in [-0.4, -0.2) is 43.6 Å².